The topological polar surface area (TPSA) is 9.23 Å². The van der Waals surface area contributed by atoms with Crippen molar-refractivity contribution in [3.63, 3.8) is 0 Å². The van der Waals surface area contributed by atoms with Crippen molar-refractivity contribution in [2.75, 3.05) is 6.61 Å². The summed E-state index contributed by atoms with van der Waals surface area (Å²) in [5, 5.41) is 0. The average Bonchev–Trinajstić information content (AvgIpc) is 2.30. The molecule has 0 amide bonds. The second-order valence-electron chi connectivity index (χ2n) is 4.48. The van der Waals surface area contributed by atoms with Crippen molar-refractivity contribution in [3.05, 3.63) is 0 Å². The predicted molar refractivity (Wildman–Crippen MR) is 50.1 cm³/mol. The molecule has 2 fully saturated rings. The molecule has 0 radical (unpaired) electrons. The van der Waals surface area contributed by atoms with E-state index in [9.17, 15) is 0 Å². The van der Waals surface area contributed by atoms with Crippen molar-refractivity contribution in [3.8, 4) is 0 Å². The molecule has 0 spiro atoms. The van der Waals surface area contributed by atoms with Gasteiger partial charge < -0.3 is 4.74 Å². The molecule has 1 saturated heterocycles. The largest absolute Gasteiger partial charge is 0.378 e. The van der Waals surface area contributed by atoms with Gasteiger partial charge in [-0.25, -0.2) is 0 Å². The van der Waals surface area contributed by atoms with Crippen molar-refractivity contribution in [1.29, 1.82) is 0 Å². The molecule has 0 N–H and O–H groups in total. The Balaban J connectivity index is 2.00. The molecule has 1 nitrogen and oxygen atoms in total. The highest BCUT2D eigenvalue weighted by Gasteiger charge is 2.31. The number of hydrogen-bond donors (Lipinski definition) is 0. The van der Waals surface area contributed by atoms with Gasteiger partial charge in [-0.1, -0.05) is 26.2 Å². The van der Waals surface area contributed by atoms with Crippen molar-refractivity contribution in [2.45, 2.75) is 51.6 Å². The van der Waals surface area contributed by atoms with E-state index in [1.54, 1.807) is 0 Å². The Hall–Kier alpha value is -0.0400. The van der Waals surface area contributed by atoms with Crippen LogP contribution in [0.5, 0.6) is 0 Å². The minimum Gasteiger partial charge on any atom is -0.378 e. The molecule has 0 bridgehead atoms. The monoisotopic (exact) mass is 168 g/mol. The van der Waals surface area contributed by atoms with Crippen LogP contribution in [0.4, 0.5) is 0 Å². The van der Waals surface area contributed by atoms with Gasteiger partial charge in [0, 0.05) is 6.61 Å². The zero-order chi connectivity index (χ0) is 8.39. The van der Waals surface area contributed by atoms with Crippen LogP contribution in [0.2, 0.25) is 0 Å². The van der Waals surface area contributed by atoms with E-state index in [0.29, 0.717) is 6.10 Å². The molecule has 0 aromatic heterocycles. The fraction of sp³-hybridized carbons (Fsp3) is 1.00. The Labute approximate surface area is 75.5 Å². The summed E-state index contributed by atoms with van der Waals surface area (Å²) in [6, 6.07) is 0. The number of ether oxygens (including phenoxy) is 1. The van der Waals surface area contributed by atoms with Gasteiger partial charge in [-0.15, -0.1) is 0 Å². The maximum atomic E-state index is 5.83. The normalized spacial score (nSPS) is 43.2. The molecular formula is C11H20O. The van der Waals surface area contributed by atoms with E-state index in [0.717, 1.165) is 18.4 Å². The fourth-order valence-electron chi connectivity index (χ4n) is 2.78. The first-order chi connectivity index (χ1) is 5.88. The van der Waals surface area contributed by atoms with Gasteiger partial charge in [0.05, 0.1) is 6.10 Å². The number of hydrogen-bond acceptors (Lipinski definition) is 1. The van der Waals surface area contributed by atoms with Gasteiger partial charge in [-0.2, -0.15) is 0 Å². The Kier molecular flexibility index (Phi) is 2.69. The van der Waals surface area contributed by atoms with Crippen molar-refractivity contribution in [1.82, 2.24) is 0 Å². The second-order valence-corrected chi connectivity index (χ2v) is 4.48. The smallest absolute Gasteiger partial charge is 0.0605 e. The van der Waals surface area contributed by atoms with Gasteiger partial charge in [0.15, 0.2) is 0 Å². The van der Waals surface area contributed by atoms with E-state index in [2.05, 4.69) is 6.92 Å². The lowest BCUT2D eigenvalue weighted by Crippen LogP contribution is -2.34. The summed E-state index contributed by atoms with van der Waals surface area (Å²) in [6.07, 6.45) is 8.93. The maximum Gasteiger partial charge on any atom is 0.0605 e. The zero-order valence-corrected chi connectivity index (χ0v) is 8.09. The molecular weight excluding hydrogens is 148 g/mol. The van der Waals surface area contributed by atoms with E-state index >= 15 is 0 Å². The molecule has 70 valence electrons. The maximum absolute atomic E-state index is 5.83. The highest BCUT2D eigenvalue weighted by molar-refractivity contribution is 4.81. The van der Waals surface area contributed by atoms with Crippen molar-refractivity contribution >= 4 is 0 Å². The molecule has 0 aromatic rings. The van der Waals surface area contributed by atoms with Crippen LogP contribution in [0.1, 0.15) is 45.4 Å². The summed E-state index contributed by atoms with van der Waals surface area (Å²) < 4.78 is 5.83. The Morgan fingerprint density at radius 2 is 1.83 bits per heavy atom. The summed E-state index contributed by atoms with van der Waals surface area (Å²) in [5.74, 6) is 1.81. The highest BCUT2D eigenvalue weighted by atomic mass is 16.5. The molecule has 3 unspecified atom stereocenters. The van der Waals surface area contributed by atoms with Crippen molar-refractivity contribution < 1.29 is 4.74 Å². The van der Waals surface area contributed by atoms with E-state index in [4.69, 9.17) is 4.74 Å². The molecule has 2 aliphatic rings. The Bertz CT molecular complexity index is 144. The van der Waals surface area contributed by atoms with Crippen LogP contribution in [0.25, 0.3) is 0 Å². The molecule has 2 rings (SSSR count). The first kappa shape index (κ1) is 8.55. The van der Waals surface area contributed by atoms with Crippen LogP contribution in [0, 0.1) is 11.8 Å². The quantitative estimate of drug-likeness (QED) is 0.540. The molecule has 1 saturated carbocycles. The summed E-state index contributed by atoms with van der Waals surface area (Å²) >= 11 is 0. The number of fused-ring (bicyclic) bond motifs is 1. The predicted octanol–water partition coefficient (Wildman–Crippen LogP) is 2.99. The SMILES string of the molecule is CC1CCOC2CCCCCC12. The van der Waals surface area contributed by atoms with Gasteiger partial charge in [-0.3, -0.25) is 0 Å². The van der Waals surface area contributed by atoms with Crippen LogP contribution in [-0.2, 0) is 4.74 Å². The summed E-state index contributed by atoms with van der Waals surface area (Å²) in [7, 11) is 0. The molecule has 12 heavy (non-hydrogen) atoms. The lowest BCUT2D eigenvalue weighted by atomic mass is 9.82. The molecule has 1 aliphatic carbocycles. The third-order valence-corrected chi connectivity index (χ3v) is 3.64. The number of rotatable bonds is 0. The van der Waals surface area contributed by atoms with Gasteiger partial charge in [0.2, 0.25) is 0 Å². The fourth-order valence-corrected chi connectivity index (χ4v) is 2.78. The first-order valence-electron chi connectivity index (χ1n) is 5.49. The van der Waals surface area contributed by atoms with Crippen LogP contribution >= 0.6 is 0 Å². The zero-order valence-electron chi connectivity index (χ0n) is 8.09. The summed E-state index contributed by atoms with van der Waals surface area (Å²) in [6.45, 7) is 3.42. The highest BCUT2D eigenvalue weighted by Crippen LogP contribution is 2.35. The first-order valence-corrected chi connectivity index (χ1v) is 5.49. The Morgan fingerprint density at radius 3 is 2.75 bits per heavy atom. The van der Waals surface area contributed by atoms with E-state index in [1.165, 1.54) is 38.5 Å². The van der Waals surface area contributed by atoms with Crippen LogP contribution in [0.3, 0.4) is 0 Å². The van der Waals surface area contributed by atoms with Crippen LogP contribution < -0.4 is 0 Å². The van der Waals surface area contributed by atoms with E-state index < -0.39 is 0 Å². The molecule has 1 heteroatoms. The minimum absolute atomic E-state index is 0.622. The standard InChI is InChI=1S/C11H20O/c1-9-7-8-12-11-6-4-2-3-5-10(9)11/h9-11H,2-8H2,1H3. The average molecular weight is 168 g/mol. The van der Waals surface area contributed by atoms with Gasteiger partial charge in [0.1, 0.15) is 0 Å². The lowest BCUT2D eigenvalue weighted by molar-refractivity contribution is -0.0551. The summed E-state index contributed by atoms with van der Waals surface area (Å²) in [4.78, 5) is 0. The third kappa shape index (κ3) is 1.66. The third-order valence-electron chi connectivity index (χ3n) is 3.64. The molecule has 0 aromatic carbocycles. The molecule has 3 atom stereocenters. The van der Waals surface area contributed by atoms with Crippen LogP contribution in [-0.4, -0.2) is 12.7 Å². The molecule has 1 heterocycles. The molecule has 1 aliphatic heterocycles. The van der Waals surface area contributed by atoms with Crippen LogP contribution in [0.15, 0.2) is 0 Å². The van der Waals surface area contributed by atoms with Crippen molar-refractivity contribution in [2.24, 2.45) is 11.8 Å². The van der Waals surface area contributed by atoms with E-state index in [1.807, 2.05) is 0 Å². The van der Waals surface area contributed by atoms with Gasteiger partial charge >= 0.3 is 0 Å². The van der Waals surface area contributed by atoms with Gasteiger partial charge in [0.25, 0.3) is 0 Å². The minimum atomic E-state index is 0.622. The summed E-state index contributed by atoms with van der Waals surface area (Å²) in [5.41, 5.74) is 0. The van der Waals surface area contributed by atoms with E-state index in [-0.39, 0.29) is 0 Å². The lowest BCUT2D eigenvalue weighted by Gasteiger charge is -2.35. The van der Waals surface area contributed by atoms with Gasteiger partial charge in [-0.05, 0) is 31.1 Å². The Morgan fingerprint density at radius 1 is 1.00 bits per heavy atom. The second kappa shape index (κ2) is 3.78.